The number of aliphatic hydroxyl groups is 1. The van der Waals surface area contributed by atoms with Crippen LogP contribution in [0.4, 0.5) is 0 Å². The van der Waals surface area contributed by atoms with Crippen LogP contribution in [0, 0.1) is 13.8 Å². The molecule has 1 unspecified atom stereocenters. The van der Waals surface area contributed by atoms with E-state index in [0.29, 0.717) is 13.0 Å². The molecule has 5 nitrogen and oxygen atoms in total. The van der Waals surface area contributed by atoms with E-state index >= 15 is 0 Å². The number of carbonyl (C=O) groups is 1. The lowest BCUT2D eigenvalue weighted by molar-refractivity contribution is -0.121. The van der Waals surface area contributed by atoms with Crippen molar-refractivity contribution in [1.82, 2.24) is 9.88 Å². The Morgan fingerprint density at radius 1 is 1.32 bits per heavy atom. The molecule has 1 heterocycles. The summed E-state index contributed by atoms with van der Waals surface area (Å²) in [6, 6.07) is 9.32. The molecule has 0 saturated carbocycles. The molecule has 2 N–H and O–H groups in total. The Balaban J connectivity index is 1.82. The summed E-state index contributed by atoms with van der Waals surface area (Å²) in [6.45, 7) is 4.09. The van der Waals surface area contributed by atoms with Crippen LogP contribution in [-0.2, 0) is 11.3 Å². The number of aromatic nitrogens is 1. The van der Waals surface area contributed by atoms with Crippen molar-refractivity contribution in [2.45, 2.75) is 32.9 Å². The van der Waals surface area contributed by atoms with Gasteiger partial charge in [0.05, 0.1) is 6.10 Å². The molecule has 0 aliphatic carbocycles. The number of benzene rings is 1. The second kappa shape index (κ2) is 7.38. The maximum Gasteiger partial charge on any atom is 0.308 e. The summed E-state index contributed by atoms with van der Waals surface area (Å²) in [5, 5.41) is 12.8. The quantitative estimate of drug-likeness (QED) is 0.852. The number of rotatable bonds is 6. The monoisotopic (exact) mass is 320 g/mol. The molecule has 0 aliphatic rings. The molecule has 118 valence electrons. The van der Waals surface area contributed by atoms with Crippen LogP contribution in [0.1, 0.15) is 28.7 Å². The number of nitrogens with zero attached hydrogens (tertiary/aromatic N) is 1. The second-order valence-electron chi connectivity index (χ2n) is 5.16. The van der Waals surface area contributed by atoms with E-state index in [4.69, 9.17) is 0 Å². The molecule has 1 aromatic carbocycles. The topological polar surface area (TPSA) is 71.3 Å². The number of amides is 1. The van der Waals surface area contributed by atoms with Crippen molar-refractivity contribution in [3.63, 3.8) is 0 Å². The highest BCUT2D eigenvalue weighted by molar-refractivity contribution is 7.09. The summed E-state index contributed by atoms with van der Waals surface area (Å²) < 4.78 is 1.48. The lowest BCUT2D eigenvalue weighted by Gasteiger charge is -2.12. The van der Waals surface area contributed by atoms with E-state index < -0.39 is 6.10 Å². The summed E-state index contributed by atoms with van der Waals surface area (Å²) in [7, 11) is 0. The fourth-order valence-electron chi connectivity index (χ4n) is 2.16. The molecule has 2 rings (SSSR count). The van der Waals surface area contributed by atoms with Crippen LogP contribution in [0.2, 0.25) is 0 Å². The highest BCUT2D eigenvalue weighted by Crippen LogP contribution is 2.14. The van der Waals surface area contributed by atoms with Gasteiger partial charge in [-0.15, -0.1) is 0 Å². The van der Waals surface area contributed by atoms with Crippen LogP contribution >= 0.6 is 11.3 Å². The molecular formula is C16H20N2O3S. The van der Waals surface area contributed by atoms with Gasteiger partial charge in [-0.05, 0) is 25.8 Å². The van der Waals surface area contributed by atoms with Gasteiger partial charge in [0.2, 0.25) is 5.91 Å². The molecule has 0 spiro atoms. The number of aryl methyl sites for hydroxylation is 1. The van der Waals surface area contributed by atoms with Crippen LogP contribution in [-0.4, -0.2) is 22.1 Å². The molecular weight excluding hydrogens is 300 g/mol. The molecule has 1 atom stereocenters. The predicted molar refractivity (Wildman–Crippen MR) is 87.1 cm³/mol. The van der Waals surface area contributed by atoms with Crippen LogP contribution < -0.4 is 10.2 Å². The molecule has 0 aliphatic heterocycles. The Morgan fingerprint density at radius 3 is 2.59 bits per heavy atom. The average Bonchev–Trinajstić information content (AvgIpc) is 2.74. The van der Waals surface area contributed by atoms with Gasteiger partial charge in [0, 0.05) is 17.1 Å². The molecule has 0 fully saturated rings. The van der Waals surface area contributed by atoms with Gasteiger partial charge in [0.1, 0.15) is 6.54 Å². The zero-order chi connectivity index (χ0) is 16.1. The van der Waals surface area contributed by atoms with Gasteiger partial charge < -0.3 is 10.4 Å². The van der Waals surface area contributed by atoms with E-state index in [-0.39, 0.29) is 17.3 Å². The van der Waals surface area contributed by atoms with E-state index in [0.717, 1.165) is 27.5 Å². The molecule has 1 amide bonds. The molecule has 0 bridgehead atoms. The van der Waals surface area contributed by atoms with E-state index in [9.17, 15) is 14.7 Å². The third-order valence-electron chi connectivity index (χ3n) is 3.60. The Hall–Kier alpha value is -1.92. The van der Waals surface area contributed by atoms with Gasteiger partial charge in [-0.25, -0.2) is 0 Å². The van der Waals surface area contributed by atoms with Crippen molar-refractivity contribution in [3.05, 3.63) is 56.1 Å². The maximum absolute atomic E-state index is 11.9. The highest BCUT2D eigenvalue weighted by Gasteiger charge is 2.12. The Morgan fingerprint density at radius 2 is 2.00 bits per heavy atom. The average molecular weight is 320 g/mol. The Bertz CT molecular complexity index is 691. The number of hydrogen-bond donors (Lipinski definition) is 2. The highest BCUT2D eigenvalue weighted by atomic mass is 32.1. The number of nitrogens with one attached hydrogen (secondary N) is 1. The van der Waals surface area contributed by atoms with Gasteiger partial charge in [0.25, 0.3) is 0 Å². The number of thiazole rings is 1. The zero-order valence-corrected chi connectivity index (χ0v) is 13.5. The third-order valence-corrected chi connectivity index (χ3v) is 4.60. The van der Waals surface area contributed by atoms with Gasteiger partial charge in [-0.1, -0.05) is 41.7 Å². The van der Waals surface area contributed by atoms with E-state index in [1.54, 1.807) is 0 Å². The summed E-state index contributed by atoms with van der Waals surface area (Å²) in [5.41, 5.74) is 1.66. The maximum atomic E-state index is 11.9. The normalized spacial score (nSPS) is 12.1. The summed E-state index contributed by atoms with van der Waals surface area (Å²) in [4.78, 5) is 24.4. The van der Waals surface area contributed by atoms with Gasteiger partial charge in [-0.3, -0.25) is 14.2 Å². The first-order chi connectivity index (χ1) is 10.5. The number of hydrogen-bond acceptors (Lipinski definition) is 4. The van der Waals surface area contributed by atoms with Crippen molar-refractivity contribution < 1.29 is 9.90 Å². The minimum atomic E-state index is -0.602. The van der Waals surface area contributed by atoms with E-state index in [1.165, 1.54) is 4.57 Å². The minimum Gasteiger partial charge on any atom is -0.388 e. The van der Waals surface area contributed by atoms with Gasteiger partial charge in [0.15, 0.2) is 0 Å². The van der Waals surface area contributed by atoms with Crippen LogP contribution in [0.25, 0.3) is 0 Å². The van der Waals surface area contributed by atoms with Gasteiger partial charge >= 0.3 is 4.87 Å². The zero-order valence-electron chi connectivity index (χ0n) is 12.7. The molecule has 1 aromatic heterocycles. The van der Waals surface area contributed by atoms with E-state index in [1.807, 2.05) is 44.2 Å². The third kappa shape index (κ3) is 4.05. The van der Waals surface area contributed by atoms with Crippen LogP contribution in [0.3, 0.4) is 0 Å². The lowest BCUT2D eigenvalue weighted by atomic mass is 10.1. The number of carbonyl (C=O) groups excluding carboxylic acids is 1. The fraction of sp³-hybridized carbons (Fsp3) is 0.375. The second-order valence-corrected chi connectivity index (χ2v) is 6.33. The van der Waals surface area contributed by atoms with Crippen molar-refractivity contribution >= 4 is 17.2 Å². The van der Waals surface area contributed by atoms with Crippen molar-refractivity contribution in [2.24, 2.45) is 0 Å². The lowest BCUT2D eigenvalue weighted by Crippen LogP contribution is -2.32. The molecule has 0 saturated heterocycles. The minimum absolute atomic E-state index is 0.0242. The first-order valence-corrected chi connectivity index (χ1v) is 7.97. The molecule has 2 aromatic rings. The number of aliphatic hydroxyl groups excluding tert-OH is 1. The summed E-state index contributed by atoms with van der Waals surface area (Å²) in [6.07, 6.45) is -0.166. The summed E-state index contributed by atoms with van der Waals surface area (Å²) in [5.74, 6) is -0.219. The molecule has 22 heavy (non-hydrogen) atoms. The first kappa shape index (κ1) is 16.5. The Labute approximate surface area is 133 Å². The Kier molecular flexibility index (Phi) is 5.51. The SMILES string of the molecule is Cc1sc(=O)n(CC(=O)NCCC(O)c2ccccc2)c1C. The van der Waals surface area contributed by atoms with Crippen molar-refractivity contribution in [1.29, 1.82) is 0 Å². The smallest absolute Gasteiger partial charge is 0.308 e. The predicted octanol–water partition coefficient (Wildman–Crippen LogP) is 1.77. The van der Waals surface area contributed by atoms with Crippen LogP contribution in [0.5, 0.6) is 0 Å². The van der Waals surface area contributed by atoms with E-state index in [2.05, 4.69) is 5.32 Å². The summed E-state index contributed by atoms with van der Waals surface area (Å²) >= 11 is 1.15. The fourth-order valence-corrected chi connectivity index (χ4v) is 2.99. The van der Waals surface area contributed by atoms with Crippen molar-refractivity contribution in [2.75, 3.05) is 6.54 Å². The largest absolute Gasteiger partial charge is 0.388 e. The first-order valence-electron chi connectivity index (χ1n) is 7.15. The molecule has 0 radical (unpaired) electrons. The molecule has 6 heteroatoms. The van der Waals surface area contributed by atoms with Gasteiger partial charge in [-0.2, -0.15) is 0 Å². The standard InChI is InChI=1S/C16H20N2O3S/c1-11-12(2)22-16(21)18(11)10-15(20)17-9-8-14(19)13-6-4-3-5-7-13/h3-7,14,19H,8-10H2,1-2H3,(H,17,20). The van der Waals surface area contributed by atoms with Crippen LogP contribution in [0.15, 0.2) is 35.1 Å². The van der Waals surface area contributed by atoms with Crippen molar-refractivity contribution in [3.8, 4) is 0 Å².